The van der Waals surface area contributed by atoms with Gasteiger partial charge in [-0.15, -0.1) is 21.9 Å². The van der Waals surface area contributed by atoms with Crippen LogP contribution in [0.4, 0.5) is 0 Å². The second-order valence-electron chi connectivity index (χ2n) is 14.5. The summed E-state index contributed by atoms with van der Waals surface area (Å²) in [4.78, 5) is 0. The van der Waals surface area contributed by atoms with Gasteiger partial charge < -0.3 is 4.42 Å². The Balaban J connectivity index is 1.43. The molecule has 0 atom stereocenters. The van der Waals surface area contributed by atoms with Crippen molar-refractivity contribution in [3.63, 3.8) is 0 Å². The van der Waals surface area contributed by atoms with Crippen molar-refractivity contribution in [2.45, 2.75) is 0 Å². The summed E-state index contributed by atoms with van der Waals surface area (Å²) in [5.74, 6) is 0. The molecule has 0 N–H and O–H groups in total. The third kappa shape index (κ3) is 5.21. The summed E-state index contributed by atoms with van der Waals surface area (Å²) in [5.41, 5.74) is 9.90. The quantitative estimate of drug-likeness (QED) is 0.200. The molecule has 1 aromatic heterocycles. The van der Waals surface area contributed by atoms with E-state index in [1.165, 1.54) is 0 Å². The molecule has 9 heteroatoms. The Morgan fingerprint density at radius 2 is 0.842 bits per heavy atom. The lowest BCUT2D eigenvalue weighted by atomic mass is 9.59. The molecule has 0 saturated heterocycles. The van der Waals surface area contributed by atoms with Crippen molar-refractivity contribution in [1.82, 2.24) is 0 Å². The first-order valence-corrected chi connectivity index (χ1v) is 18.5. The lowest BCUT2D eigenvalue weighted by Gasteiger charge is -2.29. The lowest BCUT2D eigenvalue weighted by molar-refractivity contribution is 0.673. The summed E-state index contributed by atoms with van der Waals surface area (Å²) < 4.78 is 6.64. The van der Waals surface area contributed by atoms with Crippen LogP contribution in [0, 0.1) is 0 Å². The molecule has 0 aliphatic rings. The van der Waals surface area contributed by atoms with Crippen LogP contribution in [0.25, 0.3) is 98.8 Å². The molecule has 0 aliphatic carbocycles. The maximum absolute atomic E-state index is 7.14. The Bertz CT molecular complexity index is 3240. The summed E-state index contributed by atoms with van der Waals surface area (Å²) in [5, 5.41) is 5.99. The molecular formula is C48H22B8O. The first-order valence-electron chi connectivity index (χ1n) is 18.5. The molecule has 1 heterocycles. The van der Waals surface area contributed by atoms with Gasteiger partial charge in [-0.2, -0.15) is 0 Å². The van der Waals surface area contributed by atoms with Gasteiger partial charge in [0.25, 0.3) is 0 Å². The Morgan fingerprint density at radius 3 is 1.44 bits per heavy atom. The Morgan fingerprint density at radius 1 is 0.316 bits per heavy atom. The van der Waals surface area contributed by atoms with E-state index in [4.69, 9.17) is 67.2 Å². The van der Waals surface area contributed by atoms with Gasteiger partial charge in [-0.1, -0.05) is 137 Å². The van der Waals surface area contributed by atoms with Gasteiger partial charge in [0.2, 0.25) is 0 Å². The van der Waals surface area contributed by atoms with Gasteiger partial charge in [0.15, 0.2) is 0 Å². The molecule has 1 nitrogen and oxygen atoms in total. The van der Waals surface area contributed by atoms with E-state index in [1.807, 2.05) is 72.8 Å². The molecule has 0 unspecified atom stereocenters. The minimum atomic E-state index is 0.154. The van der Waals surface area contributed by atoms with E-state index in [-0.39, 0.29) is 43.7 Å². The number of furan rings is 1. The van der Waals surface area contributed by atoms with E-state index >= 15 is 0 Å². The maximum Gasteiger partial charge on any atom is 0.143 e. The Hall–Kier alpha value is -5.92. The molecule has 10 rings (SSSR count). The summed E-state index contributed by atoms with van der Waals surface area (Å²) >= 11 is 0. The predicted octanol–water partition coefficient (Wildman–Crippen LogP) is 4.06. The highest BCUT2D eigenvalue weighted by molar-refractivity contribution is 6.71. The van der Waals surface area contributed by atoms with E-state index in [0.29, 0.717) is 38.3 Å². The lowest BCUT2D eigenvalue weighted by Crippen LogP contribution is -2.50. The molecule has 0 saturated carbocycles. The molecule has 9 aromatic carbocycles. The molecule has 0 aliphatic heterocycles. The summed E-state index contributed by atoms with van der Waals surface area (Å²) in [6.45, 7) is 0. The number of benzene rings is 9. The normalized spacial score (nSPS) is 11.7. The van der Waals surface area contributed by atoms with E-state index < -0.39 is 0 Å². The van der Waals surface area contributed by atoms with Gasteiger partial charge >= 0.3 is 0 Å². The van der Waals surface area contributed by atoms with Crippen LogP contribution in [0.15, 0.2) is 138 Å². The molecule has 10 aromatic rings. The minimum absolute atomic E-state index is 0.154. The second-order valence-corrected chi connectivity index (χ2v) is 14.5. The van der Waals surface area contributed by atoms with Crippen LogP contribution in [0.3, 0.4) is 0 Å². The van der Waals surface area contributed by atoms with Crippen LogP contribution in [0.2, 0.25) is 0 Å². The van der Waals surface area contributed by atoms with Gasteiger partial charge in [0, 0.05) is 16.2 Å². The molecule has 0 spiro atoms. The molecular weight excluding hydrogens is 679 g/mol. The van der Waals surface area contributed by atoms with Crippen molar-refractivity contribution in [1.29, 1.82) is 0 Å². The summed E-state index contributed by atoms with van der Waals surface area (Å²) in [6, 6.07) is 44.9. The second kappa shape index (κ2) is 13.3. The fourth-order valence-corrected chi connectivity index (χ4v) is 8.69. The average Bonchev–Trinajstić information content (AvgIpc) is 3.65. The first kappa shape index (κ1) is 35.5. The predicted molar refractivity (Wildman–Crippen MR) is 251 cm³/mol. The van der Waals surface area contributed by atoms with Crippen molar-refractivity contribution < 1.29 is 4.42 Å². The zero-order chi connectivity index (χ0) is 39.3. The zero-order valence-corrected chi connectivity index (χ0v) is 30.7. The number of hydrogen-bond acceptors (Lipinski definition) is 1. The topological polar surface area (TPSA) is 13.1 Å². The van der Waals surface area contributed by atoms with E-state index in [0.717, 1.165) is 60.5 Å². The average molecular weight is 701 g/mol. The SMILES string of the molecule is [B]c1c([B])c([B])c2c(-c3cccc4oc5c6ccccc6ccc5c34)c3c([B])c([B])c([B])c([B])c3c(-c3ccc(-c4ccccc4)c(-c4ccccc4)c3)c2c1[B]. The fraction of sp³-hybridized carbons (Fsp3) is 0. The largest absolute Gasteiger partial charge is 0.455 e. The minimum Gasteiger partial charge on any atom is -0.455 e. The van der Waals surface area contributed by atoms with Crippen molar-refractivity contribution in [3.8, 4) is 44.5 Å². The van der Waals surface area contributed by atoms with E-state index in [2.05, 4.69) is 60.7 Å². The van der Waals surface area contributed by atoms with Gasteiger partial charge in [-0.05, 0) is 89.6 Å². The summed E-state index contributed by atoms with van der Waals surface area (Å²) in [6.07, 6.45) is 0. The van der Waals surface area contributed by atoms with Crippen molar-refractivity contribution in [3.05, 3.63) is 133 Å². The van der Waals surface area contributed by atoms with Crippen molar-refractivity contribution >= 4 is 161 Å². The van der Waals surface area contributed by atoms with Crippen molar-refractivity contribution in [2.75, 3.05) is 0 Å². The first-order chi connectivity index (χ1) is 27.7. The monoisotopic (exact) mass is 702 g/mol. The molecule has 244 valence electrons. The fourth-order valence-electron chi connectivity index (χ4n) is 8.69. The van der Waals surface area contributed by atoms with E-state index in [1.54, 1.807) is 0 Å². The van der Waals surface area contributed by atoms with Crippen LogP contribution >= 0.6 is 0 Å². The van der Waals surface area contributed by atoms with Crippen LogP contribution in [0.1, 0.15) is 0 Å². The number of fused-ring (bicyclic) bond motifs is 7. The maximum atomic E-state index is 7.14. The van der Waals surface area contributed by atoms with Crippen molar-refractivity contribution in [2.24, 2.45) is 0 Å². The molecule has 0 amide bonds. The van der Waals surface area contributed by atoms with Gasteiger partial charge in [-0.25, -0.2) is 0 Å². The molecule has 16 radical (unpaired) electrons. The smallest absolute Gasteiger partial charge is 0.143 e. The molecule has 0 fully saturated rings. The van der Waals surface area contributed by atoms with Crippen LogP contribution < -0.4 is 43.7 Å². The van der Waals surface area contributed by atoms with Gasteiger partial charge in [-0.3, -0.25) is 0 Å². The van der Waals surface area contributed by atoms with Gasteiger partial charge in [0.05, 0.1) is 0 Å². The third-order valence-corrected chi connectivity index (χ3v) is 11.5. The Kier molecular flexibility index (Phi) is 8.31. The van der Waals surface area contributed by atoms with E-state index in [9.17, 15) is 0 Å². The third-order valence-electron chi connectivity index (χ3n) is 11.5. The zero-order valence-electron chi connectivity index (χ0n) is 30.7. The van der Waals surface area contributed by atoms with Gasteiger partial charge in [0.1, 0.15) is 73.9 Å². The molecule has 57 heavy (non-hydrogen) atoms. The standard InChI is InChI=1S/C48H22B8O/c49-40-36-33(26-19-20-27(23-10-3-1-4-11-23)31(22-26)24-12-5-2-6-13-24)37-39(43(52)47(56)45(54)41(37)50)35(38(36)42(51)46(55)44(40)53)29-16-9-17-32-34(29)30-21-18-25-14-7-8-15-28(25)48(30)57-32/h1-22H. The van der Waals surface area contributed by atoms with Crippen LogP contribution in [-0.4, -0.2) is 62.8 Å². The number of rotatable bonds is 4. The Labute approximate surface area is 341 Å². The van der Waals surface area contributed by atoms with Crippen LogP contribution in [0.5, 0.6) is 0 Å². The molecule has 0 bridgehead atoms. The highest BCUT2D eigenvalue weighted by Gasteiger charge is 2.27. The van der Waals surface area contributed by atoms with Crippen LogP contribution in [-0.2, 0) is 0 Å². The summed E-state index contributed by atoms with van der Waals surface area (Å²) in [7, 11) is 55.4. The highest BCUT2D eigenvalue weighted by atomic mass is 16.3. The highest BCUT2D eigenvalue weighted by Crippen LogP contribution is 2.46. The number of hydrogen-bond donors (Lipinski definition) is 0.